The van der Waals surface area contributed by atoms with Crippen molar-refractivity contribution in [2.45, 2.75) is 22.6 Å². The molecule has 3 aromatic carbocycles. The maximum absolute atomic E-state index is 2.45. The van der Waals surface area contributed by atoms with E-state index < -0.39 is 8.80 Å². The van der Waals surface area contributed by atoms with E-state index >= 15 is 0 Å². The highest BCUT2D eigenvalue weighted by molar-refractivity contribution is 7.99. The van der Waals surface area contributed by atoms with Crippen LogP contribution >= 0.6 is 11.8 Å². The molecule has 0 fully saturated rings. The fourth-order valence-corrected chi connectivity index (χ4v) is 7.33. The Hall–Kier alpha value is -2.29. The zero-order chi connectivity index (χ0) is 17.6. The SMILES string of the molecule is C1=CC([SiH](c2ccccc2)c2ccc(Sc3ccccc3)cc2)=CCC1. The van der Waals surface area contributed by atoms with Crippen molar-refractivity contribution in [3.8, 4) is 0 Å². The molecule has 0 aromatic heterocycles. The van der Waals surface area contributed by atoms with Crippen molar-refractivity contribution in [1.29, 1.82) is 0 Å². The zero-order valence-corrected chi connectivity index (χ0v) is 16.7. The van der Waals surface area contributed by atoms with Crippen molar-refractivity contribution < 1.29 is 0 Å². The molecule has 4 rings (SSSR count). The second-order valence-electron chi connectivity index (χ2n) is 6.51. The zero-order valence-electron chi connectivity index (χ0n) is 14.7. The van der Waals surface area contributed by atoms with Crippen LogP contribution in [0.2, 0.25) is 0 Å². The summed E-state index contributed by atoms with van der Waals surface area (Å²) in [7, 11) is -1.37. The molecule has 1 unspecified atom stereocenters. The molecular formula is C24H22SSi. The van der Waals surface area contributed by atoms with E-state index in [9.17, 15) is 0 Å². The Morgan fingerprint density at radius 2 is 1.23 bits per heavy atom. The maximum atomic E-state index is 2.45. The Labute approximate surface area is 161 Å². The van der Waals surface area contributed by atoms with E-state index in [4.69, 9.17) is 0 Å². The Balaban J connectivity index is 1.63. The van der Waals surface area contributed by atoms with E-state index in [1.807, 2.05) is 11.8 Å². The average Bonchev–Trinajstić information content (AvgIpc) is 2.72. The van der Waals surface area contributed by atoms with Crippen LogP contribution in [0.5, 0.6) is 0 Å². The van der Waals surface area contributed by atoms with E-state index in [0.717, 1.165) is 0 Å². The van der Waals surface area contributed by atoms with Gasteiger partial charge in [0.05, 0.1) is 0 Å². The number of hydrogen-bond acceptors (Lipinski definition) is 1. The summed E-state index contributed by atoms with van der Waals surface area (Å²) >= 11 is 1.83. The van der Waals surface area contributed by atoms with Crippen LogP contribution in [0.25, 0.3) is 0 Å². The normalized spacial score (nSPS) is 14.7. The molecule has 0 heterocycles. The molecule has 0 saturated heterocycles. The quantitative estimate of drug-likeness (QED) is 0.570. The van der Waals surface area contributed by atoms with Crippen molar-refractivity contribution in [3.63, 3.8) is 0 Å². The van der Waals surface area contributed by atoms with Gasteiger partial charge in [-0.15, -0.1) is 0 Å². The number of hydrogen-bond donors (Lipinski definition) is 0. The van der Waals surface area contributed by atoms with Gasteiger partial charge in [-0.3, -0.25) is 0 Å². The van der Waals surface area contributed by atoms with Crippen molar-refractivity contribution in [2.75, 3.05) is 0 Å². The summed E-state index contributed by atoms with van der Waals surface area (Å²) in [6.45, 7) is 0. The van der Waals surface area contributed by atoms with Crippen LogP contribution in [0.1, 0.15) is 12.8 Å². The molecule has 3 aromatic rings. The molecule has 0 amide bonds. The summed E-state index contributed by atoms with van der Waals surface area (Å²) in [5, 5.41) is 4.53. The molecule has 0 radical (unpaired) electrons. The predicted octanol–water partition coefficient (Wildman–Crippen LogP) is 4.99. The van der Waals surface area contributed by atoms with Crippen molar-refractivity contribution >= 4 is 30.9 Å². The molecule has 0 spiro atoms. The minimum absolute atomic E-state index is 1.17. The molecule has 0 bridgehead atoms. The standard InChI is InChI=1S/C24H22SSi/c1-4-10-20(11-5-1)25-21-16-18-24(19-17-21)26(22-12-6-2-7-13-22)23-14-8-3-9-15-23/h1-2,4-8,10-19,26H,3,9H2. The van der Waals surface area contributed by atoms with Gasteiger partial charge in [-0.25, -0.2) is 0 Å². The van der Waals surface area contributed by atoms with Crippen LogP contribution < -0.4 is 10.4 Å². The minimum atomic E-state index is -1.37. The maximum Gasteiger partial charge on any atom is 0.132 e. The van der Waals surface area contributed by atoms with Gasteiger partial charge in [-0.05, 0) is 37.1 Å². The highest BCUT2D eigenvalue weighted by atomic mass is 32.2. The van der Waals surface area contributed by atoms with E-state index in [1.165, 1.54) is 33.0 Å². The van der Waals surface area contributed by atoms with Crippen LogP contribution in [-0.4, -0.2) is 8.80 Å². The summed E-state index contributed by atoms with van der Waals surface area (Å²) in [5.74, 6) is 0. The first-order chi connectivity index (χ1) is 12.9. The second-order valence-corrected chi connectivity index (χ2v) is 10.5. The smallest absolute Gasteiger partial charge is 0.0901 e. The highest BCUT2D eigenvalue weighted by Gasteiger charge is 2.20. The lowest BCUT2D eigenvalue weighted by molar-refractivity contribution is 1.03. The monoisotopic (exact) mass is 370 g/mol. The molecule has 1 atom stereocenters. The predicted molar refractivity (Wildman–Crippen MR) is 116 cm³/mol. The largest absolute Gasteiger partial charge is 0.132 e. The van der Waals surface area contributed by atoms with Crippen LogP contribution in [0.15, 0.2) is 118 Å². The van der Waals surface area contributed by atoms with Gasteiger partial charge in [0.2, 0.25) is 0 Å². The van der Waals surface area contributed by atoms with Crippen LogP contribution in [0.4, 0.5) is 0 Å². The third-order valence-electron chi connectivity index (χ3n) is 4.68. The third-order valence-corrected chi connectivity index (χ3v) is 8.90. The summed E-state index contributed by atoms with van der Waals surface area (Å²) in [4.78, 5) is 2.59. The molecular weight excluding hydrogens is 348 g/mol. The van der Waals surface area contributed by atoms with Crippen molar-refractivity contribution in [1.82, 2.24) is 0 Å². The fraction of sp³-hybridized carbons (Fsp3) is 0.0833. The molecule has 0 saturated carbocycles. The molecule has 0 aliphatic heterocycles. The van der Waals surface area contributed by atoms with Gasteiger partial charge in [0.1, 0.15) is 8.80 Å². The lowest BCUT2D eigenvalue weighted by Crippen LogP contribution is -2.44. The summed E-state index contributed by atoms with van der Waals surface area (Å²) in [5.41, 5.74) is 0. The van der Waals surface area contributed by atoms with Crippen LogP contribution in [-0.2, 0) is 0 Å². The summed E-state index contributed by atoms with van der Waals surface area (Å²) in [6, 6.07) is 30.9. The molecule has 1 aliphatic carbocycles. The van der Waals surface area contributed by atoms with Crippen molar-refractivity contribution in [2.24, 2.45) is 0 Å². The Kier molecular flexibility index (Phi) is 5.53. The molecule has 26 heavy (non-hydrogen) atoms. The first kappa shape index (κ1) is 17.1. The summed E-state index contributed by atoms with van der Waals surface area (Å²) in [6.07, 6.45) is 9.49. The van der Waals surface area contributed by atoms with E-state index in [0.29, 0.717) is 0 Å². The lowest BCUT2D eigenvalue weighted by Gasteiger charge is -2.20. The second kappa shape index (κ2) is 8.39. The number of benzene rings is 3. The van der Waals surface area contributed by atoms with Gasteiger partial charge in [-0.1, -0.05) is 106 Å². The number of rotatable bonds is 5. The van der Waals surface area contributed by atoms with E-state index in [1.54, 1.807) is 5.20 Å². The van der Waals surface area contributed by atoms with Crippen LogP contribution in [0, 0.1) is 0 Å². The van der Waals surface area contributed by atoms with Gasteiger partial charge in [0, 0.05) is 9.79 Å². The van der Waals surface area contributed by atoms with Gasteiger partial charge in [0.25, 0.3) is 0 Å². The average molecular weight is 371 g/mol. The van der Waals surface area contributed by atoms with Gasteiger partial charge < -0.3 is 0 Å². The molecule has 0 N–H and O–H groups in total. The topological polar surface area (TPSA) is 0 Å². The first-order valence-corrected chi connectivity index (χ1v) is 11.7. The molecule has 1 aliphatic rings. The van der Waals surface area contributed by atoms with Gasteiger partial charge in [-0.2, -0.15) is 0 Å². The Bertz CT molecular complexity index is 896. The van der Waals surface area contributed by atoms with E-state index in [-0.39, 0.29) is 0 Å². The lowest BCUT2D eigenvalue weighted by atomic mass is 10.2. The summed E-state index contributed by atoms with van der Waals surface area (Å²) < 4.78 is 0. The van der Waals surface area contributed by atoms with Gasteiger partial charge in [0.15, 0.2) is 0 Å². The fourth-order valence-electron chi connectivity index (χ4n) is 3.42. The molecule has 0 nitrogen and oxygen atoms in total. The Morgan fingerprint density at radius 1 is 0.615 bits per heavy atom. The van der Waals surface area contributed by atoms with Crippen LogP contribution in [0.3, 0.4) is 0 Å². The Morgan fingerprint density at radius 3 is 1.88 bits per heavy atom. The van der Waals surface area contributed by atoms with Gasteiger partial charge >= 0.3 is 0 Å². The van der Waals surface area contributed by atoms with Crippen molar-refractivity contribution in [3.05, 3.63) is 108 Å². The minimum Gasteiger partial charge on any atom is -0.0901 e. The highest BCUT2D eigenvalue weighted by Crippen LogP contribution is 2.26. The number of allylic oxidation sites excluding steroid dienone is 4. The third kappa shape index (κ3) is 4.09. The molecule has 2 heteroatoms. The van der Waals surface area contributed by atoms with E-state index in [2.05, 4.69) is 103 Å². The first-order valence-electron chi connectivity index (χ1n) is 9.14. The molecule has 128 valence electrons.